The third kappa shape index (κ3) is 4.50. The van der Waals surface area contributed by atoms with Gasteiger partial charge in [-0.1, -0.05) is 23.2 Å². The first-order chi connectivity index (χ1) is 15.4. The van der Waals surface area contributed by atoms with Crippen molar-refractivity contribution in [2.24, 2.45) is 0 Å². The maximum Gasteiger partial charge on any atom is 0.277 e. The van der Waals surface area contributed by atoms with Crippen LogP contribution in [0.1, 0.15) is 19.5 Å². The Morgan fingerprint density at radius 3 is 2.75 bits per heavy atom. The predicted octanol–water partition coefficient (Wildman–Crippen LogP) is 4.71. The van der Waals surface area contributed by atoms with Crippen molar-refractivity contribution in [1.82, 2.24) is 14.5 Å². The van der Waals surface area contributed by atoms with Crippen LogP contribution < -0.4 is 15.8 Å². The van der Waals surface area contributed by atoms with Gasteiger partial charge < -0.3 is 15.0 Å². The zero-order chi connectivity index (χ0) is 22.8. The highest BCUT2D eigenvalue weighted by atomic mass is 35.5. The summed E-state index contributed by atoms with van der Waals surface area (Å²) in [4.78, 5) is 24.8. The van der Waals surface area contributed by atoms with Gasteiger partial charge in [0.25, 0.3) is 5.56 Å². The molecule has 2 atom stereocenters. The Balaban J connectivity index is 1.68. The first kappa shape index (κ1) is 23.0. The molecule has 3 heterocycles. The summed E-state index contributed by atoms with van der Waals surface area (Å²) in [6.45, 7) is 8.18. The number of anilines is 2. The number of hydrogen-bond acceptors (Lipinski definition) is 7. The van der Waals surface area contributed by atoms with Crippen molar-refractivity contribution in [3.05, 3.63) is 55.9 Å². The number of nitrogens with one attached hydrogen (secondary N) is 1. The van der Waals surface area contributed by atoms with Crippen molar-refractivity contribution in [2.45, 2.75) is 39.5 Å². The van der Waals surface area contributed by atoms with Crippen LogP contribution in [0.15, 0.2) is 34.6 Å². The molecule has 4 rings (SSSR count). The standard InChI is InChI=1S/C22H25Cl2N5O2S/c1-4-29-20(15-7-6-14(23)10-16(15)24)26-13(3)19(21(29)30)27-17-11-28(12-18(17)31-5-2)22-25-8-9-32-22/h6-10,17-18,27H,4-5,11-12H2,1-3H3. The second kappa shape index (κ2) is 9.79. The van der Waals surface area contributed by atoms with Crippen LogP contribution in [0.25, 0.3) is 11.4 Å². The summed E-state index contributed by atoms with van der Waals surface area (Å²) in [6, 6.07) is 5.13. The van der Waals surface area contributed by atoms with E-state index in [1.54, 1.807) is 40.3 Å². The fourth-order valence-corrected chi connectivity index (χ4v) is 5.16. The Hall–Kier alpha value is -2.13. The smallest absolute Gasteiger partial charge is 0.277 e. The zero-order valence-corrected chi connectivity index (χ0v) is 20.5. The van der Waals surface area contributed by atoms with Gasteiger partial charge in [0, 0.05) is 48.4 Å². The van der Waals surface area contributed by atoms with Crippen LogP contribution in [0.4, 0.5) is 10.8 Å². The van der Waals surface area contributed by atoms with Gasteiger partial charge in [-0.05, 0) is 39.0 Å². The summed E-state index contributed by atoms with van der Waals surface area (Å²) in [5.74, 6) is 0.527. The van der Waals surface area contributed by atoms with E-state index in [1.165, 1.54) is 0 Å². The van der Waals surface area contributed by atoms with Gasteiger partial charge >= 0.3 is 0 Å². The zero-order valence-electron chi connectivity index (χ0n) is 18.1. The minimum atomic E-state index is -0.135. The van der Waals surface area contributed by atoms with E-state index in [0.717, 1.165) is 5.13 Å². The molecule has 1 aliphatic heterocycles. The van der Waals surface area contributed by atoms with Crippen molar-refractivity contribution in [1.29, 1.82) is 0 Å². The molecule has 170 valence electrons. The highest BCUT2D eigenvalue weighted by Crippen LogP contribution is 2.30. The summed E-state index contributed by atoms with van der Waals surface area (Å²) >= 11 is 14.1. The third-order valence-electron chi connectivity index (χ3n) is 5.50. The average Bonchev–Trinajstić information content (AvgIpc) is 3.41. The Bertz CT molecular complexity index is 1150. The summed E-state index contributed by atoms with van der Waals surface area (Å²) in [5, 5.41) is 7.34. The molecule has 7 nitrogen and oxygen atoms in total. The van der Waals surface area contributed by atoms with E-state index in [2.05, 4.69) is 15.2 Å². The molecular formula is C22H25Cl2N5O2S. The number of ether oxygens (including phenoxy) is 1. The van der Waals surface area contributed by atoms with Crippen LogP contribution in [0.2, 0.25) is 10.0 Å². The number of thiazole rings is 1. The number of aromatic nitrogens is 3. The number of halogens is 2. The van der Waals surface area contributed by atoms with Gasteiger partial charge in [-0.25, -0.2) is 9.97 Å². The highest BCUT2D eigenvalue weighted by molar-refractivity contribution is 7.13. The Labute approximate surface area is 201 Å². The van der Waals surface area contributed by atoms with E-state index in [9.17, 15) is 4.79 Å². The van der Waals surface area contributed by atoms with Gasteiger partial charge in [-0.3, -0.25) is 9.36 Å². The van der Waals surface area contributed by atoms with E-state index >= 15 is 0 Å². The van der Waals surface area contributed by atoms with Gasteiger partial charge in [0.05, 0.1) is 22.9 Å². The maximum atomic E-state index is 13.5. The lowest BCUT2D eigenvalue weighted by molar-refractivity contribution is 0.0720. The van der Waals surface area contributed by atoms with Gasteiger partial charge in [0.1, 0.15) is 11.5 Å². The van der Waals surface area contributed by atoms with Crippen molar-refractivity contribution >= 4 is 45.4 Å². The van der Waals surface area contributed by atoms with Crippen LogP contribution in [0.3, 0.4) is 0 Å². The van der Waals surface area contributed by atoms with Gasteiger partial charge in [0.2, 0.25) is 0 Å². The molecule has 0 radical (unpaired) electrons. The van der Waals surface area contributed by atoms with Gasteiger partial charge in [0.15, 0.2) is 5.13 Å². The van der Waals surface area contributed by atoms with E-state index in [-0.39, 0.29) is 17.7 Å². The van der Waals surface area contributed by atoms with E-state index in [4.69, 9.17) is 32.9 Å². The minimum Gasteiger partial charge on any atom is -0.374 e. The Morgan fingerprint density at radius 1 is 1.28 bits per heavy atom. The lowest BCUT2D eigenvalue weighted by atomic mass is 10.1. The first-order valence-corrected chi connectivity index (χ1v) is 12.2. The number of aryl methyl sites for hydroxylation is 1. The van der Waals surface area contributed by atoms with E-state index < -0.39 is 0 Å². The molecule has 0 saturated carbocycles. The van der Waals surface area contributed by atoms with Gasteiger partial charge in [-0.15, -0.1) is 11.3 Å². The fraction of sp³-hybridized carbons (Fsp3) is 0.409. The van der Waals surface area contributed by atoms with Crippen molar-refractivity contribution in [2.75, 3.05) is 29.9 Å². The van der Waals surface area contributed by atoms with Crippen molar-refractivity contribution < 1.29 is 4.74 Å². The second-order valence-corrected chi connectivity index (χ2v) is 9.25. The Kier molecular flexibility index (Phi) is 7.05. The minimum absolute atomic E-state index is 0.0665. The number of nitrogens with zero attached hydrogens (tertiary/aromatic N) is 4. The molecule has 10 heteroatoms. The molecule has 0 amide bonds. The van der Waals surface area contributed by atoms with Gasteiger partial charge in [-0.2, -0.15) is 0 Å². The molecule has 1 aliphatic rings. The molecule has 1 aromatic carbocycles. The molecule has 2 aromatic heterocycles. The largest absolute Gasteiger partial charge is 0.374 e. The monoisotopic (exact) mass is 493 g/mol. The van der Waals surface area contributed by atoms with Crippen LogP contribution in [0.5, 0.6) is 0 Å². The lowest BCUT2D eigenvalue weighted by Gasteiger charge is -2.22. The topological polar surface area (TPSA) is 72.3 Å². The first-order valence-electron chi connectivity index (χ1n) is 10.5. The summed E-state index contributed by atoms with van der Waals surface area (Å²) < 4.78 is 7.62. The molecule has 0 bridgehead atoms. The summed E-state index contributed by atoms with van der Waals surface area (Å²) in [5.41, 5.74) is 1.64. The van der Waals surface area contributed by atoms with Crippen molar-refractivity contribution in [3.63, 3.8) is 0 Å². The lowest BCUT2D eigenvalue weighted by Crippen LogP contribution is -2.38. The molecule has 1 saturated heterocycles. The van der Waals surface area contributed by atoms with Crippen LogP contribution in [-0.4, -0.2) is 46.4 Å². The maximum absolute atomic E-state index is 13.5. The summed E-state index contributed by atoms with van der Waals surface area (Å²) in [6.07, 6.45) is 1.73. The quantitative estimate of drug-likeness (QED) is 0.513. The van der Waals surface area contributed by atoms with Crippen LogP contribution >= 0.6 is 34.5 Å². The Morgan fingerprint density at radius 2 is 2.09 bits per heavy atom. The third-order valence-corrected chi connectivity index (χ3v) is 6.88. The molecule has 1 N–H and O–H groups in total. The molecule has 3 aromatic rings. The molecular weight excluding hydrogens is 469 g/mol. The van der Waals surface area contributed by atoms with Crippen LogP contribution in [0, 0.1) is 6.92 Å². The number of hydrogen-bond donors (Lipinski definition) is 1. The number of rotatable bonds is 7. The average molecular weight is 494 g/mol. The molecule has 0 spiro atoms. The molecule has 0 aliphatic carbocycles. The van der Waals surface area contributed by atoms with E-state index in [1.807, 2.05) is 26.2 Å². The molecule has 1 fully saturated rings. The second-order valence-electron chi connectivity index (χ2n) is 7.53. The predicted molar refractivity (Wildman–Crippen MR) is 132 cm³/mol. The van der Waals surface area contributed by atoms with Crippen molar-refractivity contribution in [3.8, 4) is 11.4 Å². The molecule has 32 heavy (non-hydrogen) atoms. The summed E-state index contributed by atoms with van der Waals surface area (Å²) in [7, 11) is 0. The SMILES string of the molecule is CCOC1CN(c2nccs2)CC1Nc1c(C)nc(-c2ccc(Cl)cc2Cl)n(CC)c1=O. The normalized spacial score (nSPS) is 18.3. The highest BCUT2D eigenvalue weighted by Gasteiger charge is 2.35. The fourth-order valence-electron chi connectivity index (χ4n) is 4.01. The van der Waals surface area contributed by atoms with Crippen LogP contribution in [-0.2, 0) is 11.3 Å². The number of benzene rings is 1. The molecule has 2 unspecified atom stereocenters. The van der Waals surface area contributed by atoms with E-state index in [0.29, 0.717) is 59.1 Å².